The van der Waals surface area contributed by atoms with Gasteiger partial charge < -0.3 is 14.1 Å². The summed E-state index contributed by atoms with van der Waals surface area (Å²) >= 11 is 0. The average Bonchev–Trinajstić information content (AvgIpc) is 3.21. The molecule has 0 spiro atoms. The van der Waals surface area contributed by atoms with Gasteiger partial charge in [0.2, 0.25) is 5.91 Å². The zero-order valence-corrected chi connectivity index (χ0v) is 12.7. The van der Waals surface area contributed by atoms with Gasteiger partial charge in [-0.3, -0.25) is 14.8 Å². The molecule has 0 aliphatic carbocycles. The summed E-state index contributed by atoms with van der Waals surface area (Å²) < 4.78 is 12.3. The van der Waals surface area contributed by atoms with Crippen molar-refractivity contribution >= 4 is 11.6 Å². The highest BCUT2D eigenvalue weighted by Crippen LogP contribution is 2.23. The standard InChI is InChI=1S/C15H20N4O3/c1-18-9-11(8-16-18)19-6-5-12(15(19)20)17-13(10-21-2)14-4-3-7-22-14/h3-4,7-9,12-13,17H,5-6,10H2,1-2H3. The van der Waals surface area contributed by atoms with Crippen molar-refractivity contribution in [3.8, 4) is 0 Å². The van der Waals surface area contributed by atoms with Crippen LogP contribution in [0.25, 0.3) is 0 Å². The Kier molecular flexibility index (Phi) is 4.26. The second-order valence-electron chi connectivity index (χ2n) is 5.39. The summed E-state index contributed by atoms with van der Waals surface area (Å²) in [5, 5.41) is 7.46. The number of anilines is 1. The molecule has 1 N–H and O–H groups in total. The summed E-state index contributed by atoms with van der Waals surface area (Å²) in [4.78, 5) is 14.3. The first kappa shape index (κ1) is 14.8. The first-order chi connectivity index (χ1) is 10.7. The number of rotatable bonds is 6. The van der Waals surface area contributed by atoms with E-state index < -0.39 is 0 Å². The molecular weight excluding hydrogens is 284 g/mol. The molecule has 1 fully saturated rings. The summed E-state index contributed by atoms with van der Waals surface area (Å²) in [6.07, 6.45) is 5.92. The van der Waals surface area contributed by atoms with Gasteiger partial charge in [-0.2, -0.15) is 5.10 Å². The minimum atomic E-state index is -0.245. The van der Waals surface area contributed by atoms with Gasteiger partial charge in [-0.15, -0.1) is 0 Å². The maximum absolute atomic E-state index is 12.6. The number of hydrogen-bond donors (Lipinski definition) is 1. The fourth-order valence-corrected chi connectivity index (χ4v) is 2.75. The van der Waals surface area contributed by atoms with Crippen LogP contribution in [0.15, 0.2) is 35.2 Å². The van der Waals surface area contributed by atoms with Gasteiger partial charge in [0.1, 0.15) is 5.76 Å². The van der Waals surface area contributed by atoms with Crippen LogP contribution in [0.1, 0.15) is 18.2 Å². The van der Waals surface area contributed by atoms with Crippen LogP contribution in [0.3, 0.4) is 0 Å². The van der Waals surface area contributed by atoms with Crippen LogP contribution in [-0.2, 0) is 16.6 Å². The summed E-state index contributed by atoms with van der Waals surface area (Å²) in [6, 6.07) is 3.33. The number of nitrogens with zero attached hydrogens (tertiary/aromatic N) is 3. The first-order valence-corrected chi connectivity index (χ1v) is 7.27. The van der Waals surface area contributed by atoms with Crippen molar-refractivity contribution in [2.75, 3.05) is 25.2 Å². The van der Waals surface area contributed by atoms with Gasteiger partial charge in [0, 0.05) is 26.9 Å². The third-order valence-corrected chi connectivity index (χ3v) is 3.83. The van der Waals surface area contributed by atoms with E-state index in [-0.39, 0.29) is 18.0 Å². The predicted molar refractivity (Wildman–Crippen MR) is 80.4 cm³/mol. The van der Waals surface area contributed by atoms with Gasteiger partial charge >= 0.3 is 0 Å². The van der Waals surface area contributed by atoms with Crippen molar-refractivity contribution in [1.29, 1.82) is 0 Å². The van der Waals surface area contributed by atoms with Gasteiger partial charge in [0.25, 0.3) is 0 Å². The van der Waals surface area contributed by atoms with Crippen LogP contribution >= 0.6 is 0 Å². The van der Waals surface area contributed by atoms with Crippen molar-refractivity contribution in [2.45, 2.75) is 18.5 Å². The largest absolute Gasteiger partial charge is 0.468 e. The quantitative estimate of drug-likeness (QED) is 0.865. The van der Waals surface area contributed by atoms with Gasteiger partial charge in [-0.05, 0) is 18.6 Å². The first-order valence-electron chi connectivity index (χ1n) is 7.27. The van der Waals surface area contributed by atoms with Crippen molar-refractivity contribution < 1.29 is 13.9 Å². The average molecular weight is 304 g/mol. The normalized spacial score (nSPS) is 19.8. The number of methoxy groups -OCH3 is 1. The number of ether oxygens (including phenoxy) is 1. The number of furan rings is 1. The van der Waals surface area contributed by atoms with Crippen LogP contribution in [0.5, 0.6) is 0 Å². The second-order valence-corrected chi connectivity index (χ2v) is 5.39. The topological polar surface area (TPSA) is 72.5 Å². The molecule has 1 saturated heterocycles. The molecule has 1 amide bonds. The van der Waals surface area contributed by atoms with Crippen molar-refractivity contribution in [1.82, 2.24) is 15.1 Å². The Morgan fingerprint density at radius 1 is 1.59 bits per heavy atom. The highest BCUT2D eigenvalue weighted by atomic mass is 16.5. The number of carbonyl (C=O) groups excluding carboxylic acids is 1. The molecule has 3 heterocycles. The number of nitrogens with one attached hydrogen (secondary N) is 1. The molecule has 22 heavy (non-hydrogen) atoms. The lowest BCUT2D eigenvalue weighted by Crippen LogP contribution is -2.41. The number of amides is 1. The summed E-state index contributed by atoms with van der Waals surface area (Å²) in [5.41, 5.74) is 0.832. The summed E-state index contributed by atoms with van der Waals surface area (Å²) in [6.45, 7) is 1.13. The smallest absolute Gasteiger partial charge is 0.244 e. The van der Waals surface area contributed by atoms with E-state index in [0.717, 1.165) is 17.9 Å². The van der Waals surface area contributed by atoms with E-state index >= 15 is 0 Å². The molecule has 0 aromatic carbocycles. The lowest BCUT2D eigenvalue weighted by molar-refractivity contribution is -0.119. The van der Waals surface area contributed by atoms with Gasteiger partial charge in [-0.1, -0.05) is 0 Å². The van der Waals surface area contributed by atoms with E-state index in [4.69, 9.17) is 9.15 Å². The lowest BCUT2D eigenvalue weighted by atomic mass is 10.1. The Hall–Kier alpha value is -2.12. The Morgan fingerprint density at radius 2 is 2.45 bits per heavy atom. The van der Waals surface area contributed by atoms with Crippen molar-refractivity contribution in [3.05, 3.63) is 36.5 Å². The fraction of sp³-hybridized carbons (Fsp3) is 0.467. The van der Waals surface area contributed by atoms with E-state index in [1.807, 2.05) is 25.4 Å². The molecule has 3 rings (SSSR count). The Labute approximate surface area is 128 Å². The SMILES string of the molecule is COCC(NC1CCN(c2cnn(C)c2)C1=O)c1ccco1. The van der Waals surface area contributed by atoms with E-state index in [9.17, 15) is 4.79 Å². The monoisotopic (exact) mass is 304 g/mol. The van der Waals surface area contributed by atoms with E-state index in [0.29, 0.717) is 13.2 Å². The van der Waals surface area contributed by atoms with Crippen LogP contribution < -0.4 is 10.2 Å². The molecular formula is C15H20N4O3. The minimum Gasteiger partial charge on any atom is -0.468 e. The lowest BCUT2D eigenvalue weighted by Gasteiger charge is -2.20. The zero-order valence-electron chi connectivity index (χ0n) is 12.7. The number of carbonyl (C=O) groups is 1. The molecule has 0 radical (unpaired) electrons. The fourth-order valence-electron chi connectivity index (χ4n) is 2.75. The highest BCUT2D eigenvalue weighted by molar-refractivity contribution is 5.99. The van der Waals surface area contributed by atoms with Crippen LogP contribution in [0.2, 0.25) is 0 Å². The zero-order chi connectivity index (χ0) is 15.5. The minimum absolute atomic E-state index is 0.0562. The summed E-state index contributed by atoms with van der Waals surface area (Å²) in [7, 11) is 3.47. The molecule has 1 aliphatic heterocycles. The maximum Gasteiger partial charge on any atom is 0.244 e. The molecule has 2 atom stereocenters. The third kappa shape index (κ3) is 2.90. The summed E-state index contributed by atoms with van der Waals surface area (Å²) in [5.74, 6) is 0.829. The number of aromatic nitrogens is 2. The van der Waals surface area contributed by atoms with Crippen molar-refractivity contribution in [2.24, 2.45) is 7.05 Å². The van der Waals surface area contributed by atoms with Gasteiger partial charge in [-0.25, -0.2) is 0 Å². The van der Waals surface area contributed by atoms with Gasteiger partial charge in [0.15, 0.2) is 0 Å². The molecule has 2 aromatic heterocycles. The van der Waals surface area contributed by atoms with Crippen LogP contribution in [0, 0.1) is 0 Å². The Balaban J connectivity index is 1.69. The molecule has 118 valence electrons. The molecule has 0 saturated carbocycles. The predicted octanol–water partition coefficient (Wildman–Crippen LogP) is 1.10. The molecule has 2 aromatic rings. The molecule has 0 bridgehead atoms. The molecule has 1 aliphatic rings. The maximum atomic E-state index is 12.6. The van der Waals surface area contributed by atoms with E-state index in [1.165, 1.54) is 0 Å². The number of hydrogen-bond acceptors (Lipinski definition) is 5. The van der Waals surface area contributed by atoms with Crippen LogP contribution in [0.4, 0.5) is 5.69 Å². The molecule has 7 nitrogen and oxygen atoms in total. The molecule has 7 heteroatoms. The Bertz CT molecular complexity index is 623. The van der Waals surface area contributed by atoms with Crippen molar-refractivity contribution in [3.63, 3.8) is 0 Å². The van der Waals surface area contributed by atoms with E-state index in [1.54, 1.807) is 29.2 Å². The third-order valence-electron chi connectivity index (χ3n) is 3.83. The van der Waals surface area contributed by atoms with Crippen LogP contribution in [-0.4, -0.2) is 42.0 Å². The van der Waals surface area contributed by atoms with Gasteiger partial charge in [0.05, 0.1) is 36.8 Å². The van der Waals surface area contributed by atoms with E-state index in [2.05, 4.69) is 10.4 Å². The number of aryl methyl sites for hydroxylation is 1. The molecule has 2 unspecified atom stereocenters. The highest BCUT2D eigenvalue weighted by Gasteiger charge is 2.35. The Morgan fingerprint density at radius 3 is 3.09 bits per heavy atom. The second kappa shape index (κ2) is 6.33.